The topological polar surface area (TPSA) is 65.6 Å². The van der Waals surface area contributed by atoms with Crippen molar-refractivity contribution in [2.24, 2.45) is 0 Å². The van der Waals surface area contributed by atoms with Gasteiger partial charge in [0.15, 0.2) is 0 Å². The van der Waals surface area contributed by atoms with Gasteiger partial charge in [0.05, 0.1) is 35.8 Å². The second kappa shape index (κ2) is 9.10. The van der Waals surface area contributed by atoms with Crippen molar-refractivity contribution in [3.8, 4) is 0 Å². The van der Waals surface area contributed by atoms with Gasteiger partial charge in [0.2, 0.25) is 0 Å². The number of hydrogen-bond acceptors (Lipinski definition) is 5. The fourth-order valence-electron chi connectivity index (χ4n) is 4.07. The highest BCUT2D eigenvalue weighted by Crippen LogP contribution is 2.34. The first kappa shape index (κ1) is 20.7. The standard InChI is InChI=1S/C25H25ClN4O2/c26-18-2-7-21-23(16-18)28-22-8-1-17(15-24(22)29-25(21)31)9-10-27-19-3-5-20(6-4-19)30-11-13-32-14-12-30/h1-8,15-16,27-28H,9-14H2,(H,29,31). The Labute approximate surface area is 192 Å². The number of halogens is 1. The molecule has 0 aromatic heterocycles. The number of benzene rings is 3. The third-order valence-corrected chi connectivity index (χ3v) is 6.05. The molecule has 0 bridgehead atoms. The summed E-state index contributed by atoms with van der Waals surface area (Å²) in [6.45, 7) is 4.25. The zero-order valence-corrected chi connectivity index (χ0v) is 18.4. The molecule has 7 heteroatoms. The number of amides is 1. The van der Waals surface area contributed by atoms with Crippen molar-refractivity contribution in [3.63, 3.8) is 0 Å². The van der Waals surface area contributed by atoms with E-state index in [0.29, 0.717) is 16.3 Å². The van der Waals surface area contributed by atoms with Gasteiger partial charge in [0.25, 0.3) is 5.91 Å². The third-order valence-electron chi connectivity index (χ3n) is 5.81. The van der Waals surface area contributed by atoms with Gasteiger partial charge in [-0.1, -0.05) is 17.7 Å². The molecule has 0 saturated carbocycles. The molecule has 0 atom stereocenters. The molecular formula is C25H25ClN4O2. The van der Waals surface area contributed by atoms with Crippen LogP contribution in [0.25, 0.3) is 0 Å². The predicted octanol–water partition coefficient (Wildman–Crippen LogP) is 5.14. The first-order valence-corrected chi connectivity index (χ1v) is 11.2. The number of rotatable bonds is 5. The second-order valence-corrected chi connectivity index (χ2v) is 8.41. The van der Waals surface area contributed by atoms with Crippen molar-refractivity contribution in [3.05, 3.63) is 76.8 Å². The highest BCUT2D eigenvalue weighted by atomic mass is 35.5. The Hall–Kier alpha value is -3.22. The molecule has 0 aliphatic carbocycles. The van der Waals surface area contributed by atoms with Crippen LogP contribution in [0, 0.1) is 0 Å². The molecule has 6 nitrogen and oxygen atoms in total. The largest absolute Gasteiger partial charge is 0.385 e. The van der Waals surface area contributed by atoms with Gasteiger partial charge in [-0.25, -0.2) is 0 Å². The maximum atomic E-state index is 12.6. The number of nitrogens with one attached hydrogen (secondary N) is 3. The minimum atomic E-state index is -0.140. The van der Waals surface area contributed by atoms with Crippen LogP contribution >= 0.6 is 11.6 Å². The van der Waals surface area contributed by atoms with E-state index in [0.717, 1.165) is 61.9 Å². The van der Waals surface area contributed by atoms with Gasteiger partial charge in [0, 0.05) is 36.0 Å². The molecule has 0 spiro atoms. The molecule has 0 unspecified atom stereocenters. The molecule has 1 amide bonds. The van der Waals surface area contributed by atoms with Gasteiger partial charge >= 0.3 is 0 Å². The minimum Gasteiger partial charge on any atom is -0.385 e. The summed E-state index contributed by atoms with van der Waals surface area (Å²) in [5, 5.41) is 10.4. The Morgan fingerprint density at radius 1 is 0.906 bits per heavy atom. The van der Waals surface area contributed by atoms with Crippen LogP contribution in [0.15, 0.2) is 60.7 Å². The zero-order valence-electron chi connectivity index (χ0n) is 17.7. The van der Waals surface area contributed by atoms with Gasteiger partial charge < -0.3 is 25.6 Å². The molecule has 5 rings (SSSR count). The summed E-state index contributed by atoms with van der Waals surface area (Å²) in [4.78, 5) is 15.0. The van der Waals surface area contributed by atoms with Crippen LogP contribution in [0.1, 0.15) is 15.9 Å². The smallest absolute Gasteiger partial charge is 0.257 e. The van der Waals surface area contributed by atoms with Gasteiger partial charge in [-0.3, -0.25) is 4.79 Å². The number of carbonyl (C=O) groups is 1. The first-order valence-electron chi connectivity index (χ1n) is 10.8. The third kappa shape index (κ3) is 4.52. The molecule has 1 fully saturated rings. The van der Waals surface area contributed by atoms with Crippen molar-refractivity contribution >= 4 is 45.9 Å². The molecule has 2 aliphatic rings. The average Bonchev–Trinajstić information content (AvgIpc) is 2.95. The summed E-state index contributed by atoms with van der Waals surface area (Å²) in [5.41, 5.74) is 6.39. The number of morpholine rings is 1. The van der Waals surface area contributed by atoms with Crippen molar-refractivity contribution in [2.75, 3.05) is 53.7 Å². The summed E-state index contributed by atoms with van der Waals surface area (Å²) in [6.07, 6.45) is 0.840. The van der Waals surface area contributed by atoms with Crippen molar-refractivity contribution < 1.29 is 9.53 Å². The van der Waals surface area contributed by atoms with E-state index in [-0.39, 0.29) is 5.91 Å². The molecular weight excluding hydrogens is 424 g/mol. The van der Waals surface area contributed by atoms with Crippen LogP contribution in [0.2, 0.25) is 5.02 Å². The molecule has 2 heterocycles. The van der Waals surface area contributed by atoms with E-state index in [4.69, 9.17) is 16.3 Å². The number of anilines is 5. The quantitative estimate of drug-likeness (QED) is 0.504. The fraction of sp³-hybridized carbons (Fsp3) is 0.240. The van der Waals surface area contributed by atoms with Crippen LogP contribution < -0.4 is 20.9 Å². The lowest BCUT2D eigenvalue weighted by Gasteiger charge is -2.28. The molecule has 3 aromatic rings. The highest BCUT2D eigenvalue weighted by Gasteiger charge is 2.19. The monoisotopic (exact) mass is 448 g/mol. The fourth-order valence-corrected chi connectivity index (χ4v) is 4.25. The number of fused-ring (bicyclic) bond motifs is 2. The van der Waals surface area contributed by atoms with Gasteiger partial charge in [-0.15, -0.1) is 0 Å². The normalized spacial score (nSPS) is 15.2. The number of nitrogens with zero attached hydrogens (tertiary/aromatic N) is 1. The van der Waals surface area contributed by atoms with Crippen LogP contribution in [0.5, 0.6) is 0 Å². The first-order chi connectivity index (χ1) is 15.7. The molecule has 164 valence electrons. The number of ether oxygens (including phenoxy) is 1. The lowest BCUT2D eigenvalue weighted by Crippen LogP contribution is -2.36. The molecule has 32 heavy (non-hydrogen) atoms. The molecule has 3 N–H and O–H groups in total. The highest BCUT2D eigenvalue weighted by molar-refractivity contribution is 6.31. The van der Waals surface area contributed by atoms with Crippen LogP contribution in [-0.4, -0.2) is 38.8 Å². The lowest BCUT2D eigenvalue weighted by molar-refractivity contribution is 0.102. The number of hydrogen-bond donors (Lipinski definition) is 3. The zero-order chi connectivity index (χ0) is 21.9. The van der Waals surface area contributed by atoms with E-state index in [2.05, 4.69) is 51.2 Å². The Morgan fingerprint density at radius 3 is 2.53 bits per heavy atom. The predicted molar refractivity (Wildman–Crippen MR) is 131 cm³/mol. The maximum absolute atomic E-state index is 12.6. The molecule has 2 aliphatic heterocycles. The summed E-state index contributed by atoms with van der Waals surface area (Å²) in [6, 6.07) is 19.9. The van der Waals surface area contributed by atoms with E-state index >= 15 is 0 Å². The Bertz CT molecular complexity index is 1130. The van der Waals surface area contributed by atoms with Gasteiger partial charge in [-0.2, -0.15) is 0 Å². The minimum absolute atomic E-state index is 0.140. The SMILES string of the molecule is O=C1Nc2cc(CCNc3ccc(N4CCOCC4)cc3)ccc2Nc2cc(Cl)ccc21. The second-order valence-electron chi connectivity index (χ2n) is 7.97. The van der Waals surface area contributed by atoms with E-state index in [1.807, 2.05) is 12.1 Å². The lowest BCUT2D eigenvalue weighted by atomic mass is 10.1. The maximum Gasteiger partial charge on any atom is 0.257 e. The summed E-state index contributed by atoms with van der Waals surface area (Å²) in [7, 11) is 0. The average molecular weight is 449 g/mol. The Balaban J connectivity index is 1.21. The van der Waals surface area contributed by atoms with Crippen LogP contribution in [0.4, 0.5) is 28.4 Å². The van der Waals surface area contributed by atoms with Crippen molar-refractivity contribution in [1.29, 1.82) is 0 Å². The van der Waals surface area contributed by atoms with Crippen molar-refractivity contribution in [1.82, 2.24) is 0 Å². The van der Waals surface area contributed by atoms with E-state index < -0.39 is 0 Å². The molecule has 1 saturated heterocycles. The van der Waals surface area contributed by atoms with Gasteiger partial charge in [0.1, 0.15) is 0 Å². The van der Waals surface area contributed by atoms with E-state index in [9.17, 15) is 4.79 Å². The number of carbonyl (C=O) groups excluding carboxylic acids is 1. The summed E-state index contributed by atoms with van der Waals surface area (Å²) < 4.78 is 5.42. The van der Waals surface area contributed by atoms with E-state index in [1.165, 1.54) is 5.69 Å². The molecule has 3 aromatic carbocycles. The van der Waals surface area contributed by atoms with E-state index in [1.54, 1.807) is 18.2 Å². The Kier molecular flexibility index (Phi) is 5.88. The summed E-state index contributed by atoms with van der Waals surface area (Å²) in [5.74, 6) is -0.140. The summed E-state index contributed by atoms with van der Waals surface area (Å²) >= 11 is 6.10. The van der Waals surface area contributed by atoms with Crippen molar-refractivity contribution in [2.45, 2.75) is 6.42 Å². The molecule has 0 radical (unpaired) electrons. The van der Waals surface area contributed by atoms with Gasteiger partial charge in [-0.05, 0) is 66.6 Å². The van der Waals surface area contributed by atoms with Crippen LogP contribution in [-0.2, 0) is 11.2 Å². The van der Waals surface area contributed by atoms with Crippen LogP contribution in [0.3, 0.4) is 0 Å². The Morgan fingerprint density at radius 2 is 1.72 bits per heavy atom.